The summed E-state index contributed by atoms with van der Waals surface area (Å²) in [6, 6.07) is 7.89. The standard InChI is InChI=1S/C15H18ClNO2/c1-4-17-15(12-7-8-19-10(12)2)11-5-6-13(16)14(9-11)18-3/h5-9,15,17H,4H2,1-3H3. The van der Waals surface area contributed by atoms with Crippen LogP contribution in [0.4, 0.5) is 0 Å². The zero-order valence-corrected chi connectivity index (χ0v) is 12.1. The molecule has 0 aliphatic carbocycles. The average Bonchev–Trinajstić information content (AvgIpc) is 2.83. The van der Waals surface area contributed by atoms with Crippen molar-refractivity contribution in [3.8, 4) is 5.75 Å². The highest BCUT2D eigenvalue weighted by molar-refractivity contribution is 6.32. The summed E-state index contributed by atoms with van der Waals surface area (Å²) in [6.45, 7) is 4.91. The van der Waals surface area contributed by atoms with E-state index < -0.39 is 0 Å². The van der Waals surface area contributed by atoms with Crippen LogP contribution in [0.1, 0.15) is 29.9 Å². The van der Waals surface area contributed by atoms with E-state index in [0.29, 0.717) is 10.8 Å². The van der Waals surface area contributed by atoms with Gasteiger partial charge in [0.2, 0.25) is 0 Å². The number of furan rings is 1. The number of halogens is 1. The molecule has 1 heterocycles. The lowest BCUT2D eigenvalue weighted by Crippen LogP contribution is -2.22. The summed E-state index contributed by atoms with van der Waals surface area (Å²) in [5, 5.41) is 4.07. The van der Waals surface area contributed by atoms with Gasteiger partial charge in [-0.15, -0.1) is 0 Å². The molecular weight excluding hydrogens is 262 g/mol. The second kappa shape index (κ2) is 6.13. The Labute approximate surface area is 118 Å². The fourth-order valence-electron chi connectivity index (χ4n) is 2.16. The molecule has 3 nitrogen and oxygen atoms in total. The lowest BCUT2D eigenvalue weighted by atomic mass is 9.99. The minimum absolute atomic E-state index is 0.0786. The Bertz CT molecular complexity index is 551. The lowest BCUT2D eigenvalue weighted by molar-refractivity contribution is 0.414. The van der Waals surface area contributed by atoms with Crippen LogP contribution in [0.2, 0.25) is 5.02 Å². The Hall–Kier alpha value is -1.45. The Kier molecular flexibility index (Phi) is 4.51. The summed E-state index contributed by atoms with van der Waals surface area (Å²) < 4.78 is 10.7. The molecule has 2 aromatic rings. The maximum Gasteiger partial charge on any atom is 0.137 e. The first-order chi connectivity index (χ1) is 9.17. The maximum atomic E-state index is 6.07. The summed E-state index contributed by atoms with van der Waals surface area (Å²) in [6.07, 6.45) is 1.71. The topological polar surface area (TPSA) is 34.4 Å². The van der Waals surface area contributed by atoms with E-state index in [1.165, 1.54) is 0 Å². The van der Waals surface area contributed by atoms with E-state index in [1.54, 1.807) is 13.4 Å². The third kappa shape index (κ3) is 2.94. The molecule has 4 heteroatoms. The first kappa shape index (κ1) is 14.0. The highest BCUT2D eigenvalue weighted by Crippen LogP contribution is 2.31. The second-order valence-electron chi connectivity index (χ2n) is 4.32. The third-order valence-corrected chi connectivity index (χ3v) is 3.44. The zero-order chi connectivity index (χ0) is 13.8. The molecule has 19 heavy (non-hydrogen) atoms. The van der Waals surface area contributed by atoms with Gasteiger partial charge in [0.25, 0.3) is 0 Å². The van der Waals surface area contributed by atoms with E-state index in [0.717, 1.165) is 23.4 Å². The minimum atomic E-state index is 0.0786. The van der Waals surface area contributed by atoms with Gasteiger partial charge in [-0.25, -0.2) is 0 Å². The van der Waals surface area contributed by atoms with Crippen LogP contribution in [0.3, 0.4) is 0 Å². The van der Waals surface area contributed by atoms with Crippen molar-refractivity contribution in [2.75, 3.05) is 13.7 Å². The van der Waals surface area contributed by atoms with Crippen molar-refractivity contribution in [1.29, 1.82) is 0 Å². The zero-order valence-electron chi connectivity index (χ0n) is 11.4. The normalized spacial score (nSPS) is 12.4. The van der Waals surface area contributed by atoms with Crippen LogP contribution in [-0.2, 0) is 0 Å². The van der Waals surface area contributed by atoms with E-state index in [2.05, 4.69) is 12.2 Å². The minimum Gasteiger partial charge on any atom is -0.495 e. The van der Waals surface area contributed by atoms with Gasteiger partial charge in [0, 0.05) is 5.56 Å². The van der Waals surface area contributed by atoms with E-state index in [-0.39, 0.29) is 6.04 Å². The van der Waals surface area contributed by atoms with Gasteiger partial charge in [0.1, 0.15) is 11.5 Å². The summed E-state index contributed by atoms with van der Waals surface area (Å²) >= 11 is 6.07. The molecule has 1 N–H and O–H groups in total. The van der Waals surface area contributed by atoms with E-state index >= 15 is 0 Å². The summed E-state index contributed by atoms with van der Waals surface area (Å²) in [5.41, 5.74) is 2.24. The number of rotatable bonds is 5. The van der Waals surface area contributed by atoms with E-state index in [4.69, 9.17) is 20.8 Å². The molecule has 1 unspecified atom stereocenters. The molecule has 0 aliphatic rings. The number of nitrogens with one attached hydrogen (secondary N) is 1. The highest BCUT2D eigenvalue weighted by Gasteiger charge is 2.18. The largest absolute Gasteiger partial charge is 0.495 e. The summed E-state index contributed by atoms with van der Waals surface area (Å²) in [7, 11) is 1.62. The van der Waals surface area contributed by atoms with Gasteiger partial charge in [-0.3, -0.25) is 0 Å². The van der Waals surface area contributed by atoms with Crippen molar-refractivity contribution >= 4 is 11.6 Å². The predicted molar refractivity (Wildman–Crippen MR) is 77.0 cm³/mol. The molecular formula is C15H18ClNO2. The second-order valence-corrected chi connectivity index (χ2v) is 4.72. The lowest BCUT2D eigenvalue weighted by Gasteiger charge is -2.19. The fourth-order valence-corrected chi connectivity index (χ4v) is 2.36. The number of hydrogen-bond acceptors (Lipinski definition) is 3. The Balaban J connectivity index is 2.42. The Morgan fingerprint density at radius 2 is 2.16 bits per heavy atom. The Morgan fingerprint density at radius 1 is 1.37 bits per heavy atom. The van der Waals surface area contributed by atoms with Crippen molar-refractivity contribution in [1.82, 2.24) is 5.32 Å². The molecule has 2 rings (SSSR count). The van der Waals surface area contributed by atoms with Gasteiger partial charge in [-0.2, -0.15) is 0 Å². The molecule has 0 radical (unpaired) electrons. The van der Waals surface area contributed by atoms with Crippen LogP contribution in [0.5, 0.6) is 5.75 Å². The summed E-state index contributed by atoms with van der Waals surface area (Å²) in [5.74, 6) is 1.60. The quantitative estimate of drug-likeness (QED) is 0.900. The van der Waals surface area contributed by atoms with Gasteiger partial charge >= 0.3 is 0 Å². The summed E-state index contributed by atoms with van der Waals surface area (Å²) in [4.78, 5) is 0. The smallest absolute Gasteiger partial charge is 0.137 e. The maximum absolute atomic E-state index is 6.07. The Morgan fingerprint density at radius 3 is 2.74 bits per heavy atom. The molecule has 0 bridgehead atoms. The molecule has 0 aliphatic heterocycles. The molecule has 0 amide bonds. The van der Waals surface area contributed by atoms with Crippen LogP contribution < -0.4 is 10.1 Å². The SMILES string of the molecule is CCNC(c1ccc(Cl)c(OC)c1)c1ccoc1C. The fraction of sp³-hybridized carbons (Fsp3) is 0.333. The third-order valence-electron chi connectivity index (χ3n) is 3.13. The molecule has 1 aromatic carbocycles. The first-order valence-corrected chi connectivity index (χ1v) is 6.66. The van der Waals surface area contributed by atoms with Gasteiger partial charge in [0.05, 0.1) is 24.4 Å². The van der Waals surface area contributed by atoms with E-state index in [9.17, 15) is 0 Å². The molecule has 1 atom stereocenters. The average molecular weight is 280 g/mol. The number of ether oxygens (including phenoxy) is 1. The number of hydrogen-bond donors (Lipinski definition) is 1. The van der Waals surface area contributed by atoms with Gasteiger partial charge < -0.3 is 14.5 Å². The van der Waals surface area contributed by atoms with Crippen LogP contribution in [0, 0.1) is 6.92 Å². The molecule has 0 saturated carbocycles. The molecule has 1 aromatic heterocycles. The van der Waals surface area contributed by atoms with Crippen molar-refractivity contribution in [2.45, 2.75) is 19.9 Å². The monoisotopic (exact) mass is 279 g/mol. The predicted octanol–water partition coefficient (Wildman–Crippen LogP) is 3.95. The van der Waals surface area contributed by atoms with Crippen LogP contribution in [0.15, 0.2) is 34.9 Å². The van der Waals surface area contributed by atoms with Crippen LogP contribution in [0.25, 0.3) is 0 Å². The molecule has 0 fully saturated rings. The number of methoxy groups -OCH3 is 1. The molecule has 102 valence electrons. The molecule has 0 saturated heterocycles. The van der Waals surface area contributed by atoms with Crippen molar-refractivity contribution in [3.05, 3.63) is 52.4 Å². The number of aryl methyl sites for hydroxylation is 1. The van der Waals surface area contributed by atoms with Crippen molar-refractivity contribution in [3.63, 3.8) is 0 Å². The first-order valence-electron chi connectivity index (χ1n) is 6.28. The van der Waals surface area contributed by atoms with Crippen LogP contribution in [-0.4, -0.2) is 13.7 Å². The van der Waals surface area contributed by atoms with Gasteiger partial charge in [0.15, 0.2) is 0 Å². The van der Waals surface area contributed by atoms with Gasteiger partial charge in [-0.1, -0.05) is 24.6 Å². The van der Waals surface area contributed by atoms with E-state index in [1.807, 2.05) is 31.2 Å². The highest BCUT2D eigenvalue weighted by atomic mass is 35.5. The van der Waals surface area contributed by atoms with Gasteiger partial charge in [-0.05, 0) is 37.2 Å². The molecule has 0 spiro atoms. The van der Waals surface area contributed by atoms with Crippen molar-refractivity contribution in [2.24, 2.45) is 0 Å². The number of benzene rings is 1. The van der Waals surface area contributed by atoms with Crippen LogP contribution >= 0.6 is 11.6 Å². The van der Waals surface area contributed by atoms with Crippen molar-refractivity contribution < 1.29 is 9.15 Å².